The predicted molar refractivity (Wildman–Crippen MR) is 36.6 cm³/mol. The molecule has 0 saturated heterocycles. The second kappa shape index (κ2) is 9.35. The Labute approximate surface area is 51.2 Å². The lowest BCUT2D eigenvalue weighted by atomic mass is 10.5. The first-order chi connectivity index (χ1) is 2.91. The van der Waals surface area contributed by atoms with Gasteiger partial charge in [0.1, 0.15) is 0 Å². The van der Waals surface area contributed by atoms with E-state index in [9.17, 15) is 0 Å². The molecule has 7 heavy (non-hydrogen) atoms. The predicted octanol–water partition coefficient (Wildman–Crippen LogP) is 1.91. The molecule has 0 aliphatic carbocycles. The lowest BCUT2D eigenvalue weighted by molar-refractivity contribution is 1.12. The van der Waals surface area contributed by atoms with E-state index in [2.05, 4.69) is 11.9 Å². The van der Waals surface area contributed by atoms with Crippen molar-refractivity contribution in [1.82, 2.24) is 0 Å². The fourth-order valence-corrected chi connectivity index (χ4v) is 0.258. The molecule has 0 aromatic carbocycles. The molecular formula is C5H12ClN. The number of hydrogen-bond acceptors (Lipinski definition) is 1. The van der Waals surface area contributed by atoms with Crippen LogP contribution in [-0.4, -0.2) is 12.8 Å². The fraction of sp³-hybridized carbons (Fsp3) is 0.800. The first-order valence-electron chi connectivity index (χ1n) is 2.40. The van der Waals surface area contributed by atoms with E-state index >= 15 is 0 Å². The molecule has 0 atom stereocenters. The standard InChI is InChI=1S/C5H11N.ClH/c1-3-5-6-4-2;/h5H,3-4H2,1-2H3;1H. The highest BCUT2D eigenvalue weighted by Crippen LogP contribution is 1.66. The SMILES string of the molecule is CCC=NCC.Cl. The molecule has 0 saturated carbocycles. The van der Waals surface area contributed by atoms with E-state index in [1.807, 2.05) is 13.1 Å². The number of nitrogens with zero attached hydrogens (tertiary/aromatic N) is 1. The molecule has 2 heteroatoms. The van der Waals surface area contributed by atoms with Crippen LogP contribution < -0.4 is 0 Å². The topological polar surface area (TPSA) is 12.4 Å². The van der Waals surface area contributed by atoms with Gasteiger partial charge in [-0.3, -0.25) is 4.99 Å². The lowest BCUT2D eigenvalue weighted by Crippen LogP contribution is -1.68. The van der Waals surface area contributed by atoms with Crippen molar-refractivity contribution < 1.29 is 0 Å². The van der Waals surface area contributed by atoms with Crippen molar-refractivity contribution in [3.8, 4) is 0 Å². The molecule has 44 valence electrons. The molecule has 0 amide bonds. The van der Waals surface area contributed by atoms with Gasteiger partial charge < -0.3 is 0 Å². The van der Waals surface area contributed by atoms with Crippen LogP contribution in [0, 0.1) is 0 Å². The summed E-state index contributed by atoms with van der Waals surface area (Å²) in [6.45, 7) is 5.04. The third-order valence-corrected chi connectivity index (χ3v) is 0.494. The monoisotopic (exact) mass is 121 g/mol. The normalized spacial score (nSPS) is 8.86. The van der Waals surface area contributed by atoms with Gasteiger partial charge >= 0.3 is 0 Å². The minimum Gasteiger partial charge on any atom is -0.298 e. The van der Waals surface area contributed by atoms with E-state index < -0.39 is 0 Å². The van der Waals surface area contributed by atoms with Crippen molar-refractivity contribution in [3.05, 3.63) is 0 Å². The van der Waals surface area contributed by atoms with E-state index in [1.165, 1.54) is 0 Å². The largest absolute Gasteiger partial charge is 0.298 e. The third kappa shape index (κ3) is 10.7. The molecule has 0 fully saturated rings. The highest BCUT2D eigenvalue weighted by molar-refractivity contribution is 5.85. The van der Waals surface area contributed by atoms with Crippen LogP contribution >= 0.6 is 12.4 Å². The highest BCUT2D eigenvalue weighted by atomic mass is 35.5. The average Bonchev–Trinajstić information content (AvgIpc) is 1.61. The quantitative estimate of drug-likeness (QED) is 0.495. The molecule has 1 nitrogen and oxygen atoms in total. The molecule has 0 N–H and O–H groups in total. The average molecular weight is 122 g/mol. The van der Waals surface area contributed by atoms with Gasteiger partial charge in [0.05, 0.1) is 0 Å². The van der Waals surface area contributed by atoms with Gasteiger partial charge in [-0.2, -0.15) is 0 Å². The minimum atomic E-state index is 0. The number of halogens is 1. The summed E-state index contributed by atoms with van der Waals surface area (Å²) in [7, 11) is 0. The maximum atomic E-state index is 3.97. The molecule has 0 aliphatic rings. The molecule has 0 aliphatic heterocycles. The molecule has 0 aromatic rings. The highest BCUT2D eigenvalue weighted by Gasteiger charge is 1.59. The smallest absolute Gasteiger partial charge is 0.0357 e. The third-order valence-electron chi connectivity index (χ3n) is 0.494. The van der Waals surface area contributed by atoms with Crippen LogP contribution in [0.2, 0.25) is 0 Å². The summed E-state index contributed by atoms with van der Waals surface area (Å²) in [4.78, 5) is 3.97. The second-order valence-corrected chi connectivity index (χ2v) is 1.09. The lowest BCUT2D eigenvalue weighted by Gasteiger charge is -1.74. The Morgan fingerprint density at radius 2 is 2.00 bits per heavy atom. The van der Waals surface area contributed by atoms with Gasteiger partial charge in [0, 0.05) is 6.54 Å². The summed E-state index contributed by atoms with van der Waals surface area (Å²) in [6.07, 6.45) is 2.99. The summed E-state index contributed by atoms with van der Waals surface area (Å²) < 4.78 is 0. The number of rotatable bonds is 2. The van der Waals surface area contributed by atoms with Gasteiger partial charge in [0.2, 0.25) is 0 Å². The van der Waals surface area contributed by atoms with E-state index in [4.69, 9.17) is 0 Å². The molecule has 0 unspecified atom stereocenters. The van der Waals surface area contributed by atoms with Crippen LogP contribution in [0.3, 0.4) is 0 Å². The summed E-state index contributed by atoms with van der Waals surface area (Å²) in [5, 5.41) is 0. The van der Waals surface area contributed by atoms with Gasteiger partial charge in [0.15, 0.2) is 0 Å². The van der Waals surface area contributed by atoms with Crippen LogP contribution in [0.25, 0.3) is 0 Å². The number of aliphatic imine (C=N–C) groups is 1. The zero-order valence-electron chi connectivity index (χ0n) is 4.85. The van der Waals surface area contributed by atoms with E-state index in [0.717, 1.165) is 13.0 Å². The van der Waals surface area contributed by atoms with Crippen LogP contribution in [0.15, 0.2) is 4.99 Å². The van der Waals surface area contributed by atoms with Crippen LogP contribution in [0.5, 0.6) is 0 Å². The van der Waals surface area contributed by atoms with Gasteiger partial charge in [-0.15, -0.1) is 12.4 Å². The first kappa shape index (κ1) is 10.0. The van der Waals surface area contributed by atoms with Gasteiger partial charge in [-0.05, 0) is 19.6 Å². The summed E-state index contributed by atoms with van der Waals surface area (Å²) in [5.74, 6) is 0. The Balaban J connectivity index is 0. The van der Waals surface area contributed by atoms with E-state index in [0.29, 0.717) is 0 Å². The Morgan fingerprint density at radius 1 is 1.43 bits per heavy atom. The van der Waals surface area contributed by atoms with Gasteiger partial charge in [-0.1, -0.05) is 6.92 Å². The second-order valence-electron chi connectivity index (χ2n) is 1.09. The maximum absolute atomic E-state index is 3.97. The molecule has 0 radical (unpaired) electrons. The van der Waals surface area contributed by atoms with Gasteiger partial charge in [0.25, 0.3) is 0 Å². The molecule has 0 aromatic heterocycles. The van der Waals surface area contributed by atoms with Crippen molar-refractivity contribution in [1.29, 1.82) is 0 Å². The maximum Gasteiger partial charge on any atom is 0.0357 e. The van der Waals surface area contributed by atoms with Crippen molar-refractivity contribution in [2.24, 2.45) is 4.99 Å². The van der Waals surface area contributed by atoms with Crippen molar-refractivity contribution in [2.45, 2.75) is 20.3 Å². The molecule has 0 rings (SSSR count). The first-order valence-corrected chi connectivity index (χ1v) is 2.40. The Kier molecular flexibility index (Phi) is 13.4. The van der Waals surface area contributed by atoms with Crippen LogP contribution in [-0.2, 0) is 0 Å². The fourth-order valence-electron chi connectivity index (χ4n) is 0.258. The summed E-state index contributed by atoms with van der Waals surface area (Å²) >= 11 is 0. The van der Waals surface area contributed by atoms with E-state index in [-0.39, 0.29) is 12.4 Å². The van der Waals surface area contributed by atoms with Crippen LogP contribution in [0.4, 0.5) is 0 Å². The van der Waals surface area contributed by atoms with E-state index in [1.54, 1.807) is 0 Å². The molecule has 0 heterocycles. The summed E-state index contributed by atoms with van der Waals surface area (Å²) in [5.41, 5.74) is 0. The minimum absolute atomic E-state index is 0. The summed E-state index contributed by atoms with van der Waals surface area (Å²) in [6, 6.07) is 0. The van der Waals surface area contributed by atoms with Crippen LogP contribution in [0.1, 0.15) is 20.3 Å². The van der Waals surface area contributed by atoms with Crippen molar-refractivity contribution >= 4 is 18.6 Å². The van der Waals surface area contributed by atoms with Crippen molar-refractivity contribution in [3.63, 3.8) is 0 Å². The zero-order valence-corrected chi connectivity index (χ0v) is 5.66. The molecule has 0 bridgehead atoms. The molecule has 0 spiro atoms. The Morgan fingerprint density at radius 3 is 2.14 bits per heavy atom. The van der Waals surface area contributed by atoms with Crippen molar-refractivity contribution in [2.75, 3.05) is 6.54 Å². The number of hydrogen-bond donors (Lipinski definition) is 0. The zero-order chi connectivity index (χ0) is 4.83. The molecular weight excluding hydrogens is 110 g/mol. The Hall–Kier alpha value is -0.0400. The Bertz CT molecular complexity index is 37.3. The van der Waals surface area contributed by atoms with Gasteiger partial charge in [-0.25, -0.2) is 0 Å².